The molecule has 3 rings (SSSR count). The number of benzene rings is 1. The van der Waals surface area contributed by atoms with Crippen molar-refractivity contribution in [1.29, 1.82) is 0 Å². The Balaban J connectivity index is 2.20. The highest BCUT2D eigenvalue weighted by atomic mass is 15.2. The van der Waals surface area contributed by atoms with Gasteiger partial charge in [-0.15, -0.1) is 0 Å². The Labute approximate surface area is 178 Å². The Morgan fingerprint density at radius 1 is 1.00 bits per heavy atom. The van der Waals surface area contributed by atoms with Crippen LogP contribution in [0.25, 0.3) is 23.8 Å². The Bertz CT molecular complexity index is 1100. The van der Waals surface area contributed by atoms with Gasteiger partial charge < -0.3 is 10.2 Å². The summed E-state index contributed by atoms with van der Waals surface area (Å²) in [4.78, 5) is 11.4. The molecule has 4 heteroatoms. The SMILES string of the molecule is C=C/C=c1/cccc/c1=C(C=C)\C(C=C)=C\c1ncnc(N2CCNCC2)c1C=C. The second-order valence-electron chi connectivity index (χ2n) is 6.85. The number of nitrogens with zero attached hydrogens (tertiary/aromatic N) is 3. The van der Waals surface area contributed by atoms with Gasteiger partial charge in [0.1, 0.15) is 12.1 Å². The largest absolute Gasteiger partial charge is 0.353 e. The normalized spacial score (nSPS) is 16.1. The molecule has 1 N–H and O–H groups in total. The smallest absolute Gasteiger partial charge is 0.139 e. The van der Waals surface area contributed by atoms with Crippen LogP contribution < -0.4 is 20.7 Å². The second kappa shape index (κ2) is 10.3. The summed E-state index contributed by atoms with van der Waals surface area (Å²) >= 11 is 0. The van der Waals surface area contributed by atoms with E-state index in [1.165, 1.54) is 0 Å². The highest BCUT2D eigenvalue weighted by molar-refractivity contribution is 5.84. The van der Waals surface area contributed by atoms with Crippen molar-refractivity contribution in [2.75, 3.05) is 31.1 Å². The zero-order chi connectivity index (χ0) is 21.3. The quantitative estimate of drug-likeness (QED) is 0.730. The summed E-state index contributed by atoms with van der Waals surface area (Å²) in [5.74, 6) is 0.914. The molecule has 2 aromatic rings. The standard InChI is InChI=1S/C26H28N4/c1-5-11-21-12-9-10-13-24(21)22(7-3)20(6-2)18-25-23(8-4)26(29-19-28-25)30-16-14-27-15-17-30/h5-13,18-19,27H,1-4,14-17H2/b20-18+,21-11-,24-22+. The predicted molar refractivity (Wildman–Crippen MR) is 129 cm³/mol. The predicted octanol–water partition coefficient (Wildman–Crippen LogP) is 3.10. The van der Waals surface area contributed by atoms with Crippen LogP contribution in [0.5, 0.6) is 0 Å². The third-order valence-corrected chi connectivity index (χ3v) is 5.09. The summed E-state index contributed by atoms with van der Waals surface area (Å²) < 4.78 is 0. The number of hydrogen-bond acceptors (Lipinski definition) is 4. The topological polar surface area (TPSA) is 41.1 Å². The minimum Gasteiger partial charge on any atom is -0.353 e. The van der Waals surface area contributed by atoms with E-state index >= 15 is 0 Å². The first-order valence-electron chi connectivity index (χ1n) is 10.1. The molecule has 1 aromatic carbocycles. The highest BCUT2D eigenvalue weighted by Crippen LogP contribution is 2.25. The molecular weight excluding hydrogens is 368 g/mol. The molecule has 0 atom stereocenters. The molecule has 30 heavy (non-hydrogen) atoms. The summed E-state index contributed by atoms with van der Waals surface area (Å²) in [5, 5.41) is 5.51. The van der Waals surface area contributed by atoms with Crippen molar-refractivity contribution in [3.63, 3.8) is 0 Å². The van der Waals surface area contributed by atoms with Gasteiger partial charge in [0, 0.05) is 31.7 Å². The molecule has 0 amide bonds. The van der Waals surface area contributed by atoms with Crippen LogP contribution in [0.1, 0.15) is 11.3 Å². The molecule has 0 spiro atoms. The number of allylic oxidation sites excluding steroid dienone is 4. The average Bonchev–Trinajstić information content (AvgIpc) is 2.80. The zero-order valence-electron chi connectivity index (χ0n) is 17.3. The molecule has 0 saturated carbocycles. The van der Waals surface area contributed by atoms with Gasteiger partial charge in [-0.2, -0.15) is 0 Å². The first-order chi connectivity index (χ1) is 14.7. The van der Waals surface area contributed by atoms with E-state index in [4.69, 9.17) is 0 Å². The van der Waals surface area contributed by atoms with E-state index in [0.29, 0.717) is 0 Å². The van der Waals surface area contributed by atoms with Crippen molar-refractivity contribution in [1.82, 2.24) is 15.3 Å². The van der Waals surface area contributed by atoms with Crippen LogP contribution in [-0.2, 0) is 0 Å². The van der Waals surface area contributed by atoms with Gasteiger partial charge in [-0.1, -0.05) is 81.0 Å². The van der Waals surface area contributed by atoms with Gasteiger partial charge >= 0.3 is 0 Å². The van der Waals surface area contributed by atoms with Crippen molar-refractivity contribution >= 4 is 29.6 Å². The van der Waals surface area contributed by atoms with Crippen molar-refractivity contribution in [3.05, 3.63) is 102 Å². The van der Waals surface area contributed by atoms with Crippen LogP contribution in [0.4, 0.5) is 5.82 Å². The molecular formula is C26H28N4. The van der Waals surface area contributed by atoms with E-state index < -0.39 is 0 Å². The lowest BCUT2D eigenvalue weighted by atomic mass is 9.99. The Morgan fingerprint density at radius 2 is 1.77 bits per heavy atom. The van der Waals surface area contributed by atoms with Gasteiger partial charge in [-0.05, 0) is 27.7 Å². The van der Waals surface area contributed by atoms with Crippen LogP contribution in [0.3, 0.4) is 0 Å². The molecule has 2 heterocycles. The summed E-state index contributed by atoms with van der Waals surface area (Å²) in [6.45, 7) is 19.6. The van der Waals surface area contributed by atoms with Gasteiger partial charge in [0.15, 0.2) is 0 Å². The number of anilines is 1. The molecule has 1 saturated heterocycles. The molecule has 152 valence electrons. The van der Waals surface area contributed by atoms with E-state index in [1.807, 2.05) is 42.5 Å². The van der Waals surface area contributed by atoms with Crippen molar-refractivity contribution in [2.24, 2.45) is 0 Å². The number of nitrogens with one attached hydrogen (secondary N) is 1. The summed E-state index contributed by atoms with van der Waals surface area (Å²) in [7, 11) is 0. The van der Waals surface area contributed by atoms with E-state index in [1.54, 1.807) is 12.4 Å². The number of piperazine rings is 1. The Hall–Kier alpha value is -3.50. The van der Waals surface area contributed by atoms with Gasteiger partial charge in [0.2, 0.25) is 0 Å². The van der Waals surface area contributed by atoms with Crippen molar-refractivity contribution in [3.8, 4) is 0 Å². The monoisotopic (exact) mass is 396 g/mol. The highest BCUT2D eigenvalue weighted by Gasteiger charge is 2.17. The van der Waals surface area contributed by atoms with Crippen LogP contribution in [-0.4, -0.2) is 36.1 Å². The van der Waals surface area contributed by atoms with Crippen molar-refractivity contribution < 1.29 is 0 Å². The lowest BCUT2D eigenvalue weighted by Gasteiger charge is -2.29. The van der Waals surface area contributed by atoms with Crippen LogP contribution >= 0.6 is 0 Å². The van der Waals surface area contributed by atoms with Gasteiger partial charge in [0.25, 0.3) is 0 Å². The van der Waals surface area contributed by atoms with E-state index in [-0.39, 0.29) is 0 Å². The van der Waals surface area contributed by atoms with Crippen LogP contribution in [0.2, 0.25) is 0 Å². The van der Waals surface area contributed by atoms with Crippen LogP contribution in [0, 0.1) is 0 Å². The minimum atomic E-state index is 0.813. The third kappa shape index (κ3) is 4.56. The van der Waals surface area contributed by atoms with E-state index in [9.17, 15) is 0 Å². The first kappa shape index (κ1) is 21.2. The summed E-state index contributed by atoms with van der Waals surface area (Å²) in [5.41, 5.74) is 3.65. The molecule has 0 aliphatic carbocycles. The zero-order valence-corrected chi connectivity index (χ0v) is 17.3. The van der Waals surface area contributed by atoms with E-state index in [2.05, 4.69) is 58.6 Å². The molecule has 4 nitrogen and oxygen atoms in total. The molecule has 0 radical (unpaired) electrons. The molecule has 0 unspecified atom stereocenters. The van der Waals surface area contributed by atoms with E-state index in [0.717, 1.165) is 64.8 Å². The lowest BCUT2D eigenvalue weighted by Crippen LogP contribution is -2.44. The van der Waals surface area contributed by atoms with Crippen LogP contribution in [0.15, 0.2) is 80.7 Å². The van der Waals surface area contributed by atoms with Gasteiger partial charge in [-0.3, -0.25) is 0 Å². The van der Waals surface area contributed by atoms with Gasteiger partial charge in [-0.25, -0.2) is 9.97 Å². The number of aromatic nitrogens is 2. The van der Waals surface area contributed by atoms with Gasteiger partial charge in [0.05, 0.1) is 5.69 Å². The fourth-order valence-electron chi connectivity index (χ4n) is 3.63. The Kier molecular flexibility index (Phi) is 7.30. The third-order valence-electron chi connectivity index (χ3n) is 5.09. The molecule has 0 bridgehead atoms. The second-order valence-corrected chi connectivity index (χ2v) is 6.85. The molecule has 1 aliphatic rings. The summed E-state index contributed by atoms with van der Waals surface area (Å²) in [6, 6.07) is 8.16. The molecule has 1 aromatic heterocycles. The maximum absolute atomic E-state index is 4.55. The lowest BCUT2D eigenvalue weighted by molar-refractivity contribution is 0.584. The Morgan fingerprint density at radius 3 is 2.43 bits per heavy atom. The minimum absolute atomic E-state index is 0.813. The molecule has 1 fully saturated rings. The molecule has 1 aliphatic heterocycles. The summed E-state index contributed by atoms with van der Waals surface area (Å²) in [6.07, 6.45) is 12.9. The fraction of sp³-hybridized carbons (Fsp3) is 0.154. The average molecular weight is 397 g/mol. The maximum atomic E-state index is 4.55. The number of rotatable bonds is 7. The fourth-order valence-corrected chi connectivity index (χ4v) is 3.63. The first-order valence-corrected chi connectivity index (χ1v) is 10.1. The van der Waals surface area contributed by atoms with Crippen molar-refractivity contribution in [2.45, 2.75) is 0 Å². The number of hydrogen-bond donors (Lipinski definition) is 1. The maximum Gasteiger partial charge on any atom is 0.139 e.